The average molecular weight is 550 g/mol. The number of carbonyl (C=O) groups is 1. The van der Waals surface area contributed by atoms with E-state index in [1.54, 1.807) is 24.3 Å². The minimum absolute atomic E-state index is 0.0203. The molecule has 5 aromatic rings. The second kappa shape index (κ2) is 12.6. The zero-order valence-corrected chi connectivity index (χ0v) is 22.9. The maximum atomic E-state index is 13.9. The number of non-ortho nitro benzene ring substituents is 1. The first-order valence-corrected chi connectivity index (χ1v) is 13.8. The van der Waals surface area contributed by atoms with E-state index in [4.69, 9.17) is 0 Å². The fraction of sp³-hybridized carbons (Fsp3) is 0.206. The Morgan fingerprint density at radius 3 is 2.24 bits per heavy atom. The highest BCUT2D eigenvalue weighted by Gasteiger charge is 2.25. The van der Waals surface area contributed by atoms with Gasteiger partial charge in [0.2, 0.25) is 5.91 Å². The van der Waals surface area contributed by atoms with E-state index in [1.807, 2.05) is 61.7 Å². The van der Waals surface area contributed by atoms with Gasteiger partial charge in [0.1, 0.15) is 5.82 Å². The summed E-state index contributed by atoms with van der Waals surface area (Å²) in [5, 5.41) is 15.5. The van der Waals surface area contributed by atoms with Crippen LogP contribution in [0.15, 0.2) is 109 Å². The summed E-state index contributed by atoms with van der Waals surface area (Å²) in [6.45, 7) is 2.55. The van der Waals surface area contributed by atoms with Gasteiger partial charge in [-0.25, -0.2) is 4.39 Å². The average Bonchev–Trinajstić information content (AvgIpc) is 3.33. The van der Waals surface area contributed by atoms with E-state index in [9.17, 15) is 19.3 Å². The molecule has 4 aromatic carbocycles. The van der Waals surface area contributed by atoms with Crippen LogP contribution < -0.4 is 5.32 Å². The van der Waals surface area contributed by atoms with Crippen LogP contribution in [-0.4, -0.2) is 21.4 Å². The van der Waals surface area contributed by atoms with E-state index in [0.717, 1.165) is 35.0 Å². The van der Waals surface area contributed by atoms with Crippen molar-refractivity contribution in [1.82, 2.24) is 9.88 Å². The third-order valence-corrected chi connectivity index (χ3v) is 7.46. The summed E-state index contributed by atoms with van der Waals surface area (Å²) in [6, 6.07) is 31.0. The van der Waals surface area contributed by atoms with Crippen molar-refractivity contribution in [3.05, 3.63) is 148 Å². The summed E-state index contributed by atoms with van der Waals surface area (Å²) in [4.78, 5) is 24.7. The number of aryl methyl sites for hydroxylation is 1. The normalized spacial score (nSPS) is 12.6. The van der Waals surface area contributed by atoms with Crippen LogP contribution in [0.4, 0.5) is 10.1 Å². The lowest BCUT2D eigenvalue weighted by Crippen LogP contribution is -2.33. The summed E-state index contributed by atoms with van der Waals surface area (Å²) in [7, 11) is 0. The number of rotatable bonds is 11. The molecule has 6 nitrogen and oxygen atoms in total. The van der Waals surface area contributed by atoms with Crippen molar-refractivity contribution in [3.8, 4) is 0 Å². The van der Waals surface area contributed by atoms with Crippen LogP contribution >= 0.6 is 0 Å². The minimum atomic E-state index is -0.432. The molecule has 41 heavy (non-hydrogen) atoms. The van der Waals surface area contributed by atoms with Gasteiger partial charge in [0.15, 0.2) is 0 Å². The lowest BCUT2D eigenvalue weighted by atomic mass is 9.87. The topological polar surface area (TPSA) is 77.2 Å². The van der Waals surface area contributed by atoms with Crippen LogP contribution in [0.1, 0.15) is 47.9 Å². The highest BCUT2D eigenvalue weighted by Crippen LogP contribution is 2.37. The second-order valence-electron chi connectivity index (χ2n) is 10.5. The fourth-order valence-electron chi connectivity index (χ4n) is 5.34. The molecule has 208 valence electrons. The summed E-state index contributed by atoms with van der Waals surface area (Å²) in [5.41, 5.74) is 4.66. The molecule has 0 bridgehead atoms. The van der Waals surface area contributed by atoms with Crippen molar-refractivity contribution in [3.63, 3.8) is 0 Å². The number of hydrogen-bond donors (Lipinski definition) is 1. The van der Waals surface area contributed by atoms with E-state index >= 15 is 0 Å². The zero-order chi connectivity index (χ0) is 28.8. The molecule has 1 amide bonds. The Labute approximate surface area is 238 Å². The lowest BCUT2D eigenvalue weighted by molar-refractivity contribution is -0.384. The van der Waals surface area contributed by atoms with Crippen LogP contribution in [0.25, 0.3) is 10.9 Å². The van der Waals surface area contributed by atoms with E-state index < -0.39 is 10.8 Å². The number of benzene rings is 4. The predicted molar refractivity (Wildman–Crippen MR) is 159 cm³/mol. The smallest absolute Gasteiger partial charge is 0.270 e. The van der Waals surface area contributed by atoms with Crippen LogP contribution in [0.2, 0.25) is 0 Å². The molecule has 1 N–H and O–H groups in total. The molecule has 0 aliphatic carbocycles. The molecule has 7 heteroatoms. The van der Waals surface area contributed by atoms with Crippen molar-refractivity contribution < 1.29 is 14.1 Å². The maximum Gasteiger partial charge on any atom is 0.270 e. The molecule has 5 rings (SSSR count). The summed E-state index contributed by atoms with van der Waals surface area (Å²) < 4.78 is 16.0. The molecule has 0 radical (unpaired) electrons. The monoisotopic (exact) mass is 549 g/mol. The van der Waals surface area contributed by atoms with Gasteiger partial charge in [-0.05, 0) is 60.2 Å². The van der Waals surface area contributed by atoms with Crippen molar-refractivity contribution in [1.29, 1.82) is 0 Å². The first-order chi connectivity index (χ1) is 19.9. The Hall–Kier alpha value is -4.78. The second-order valence-corrected chi connectivity index (χ2v) is 10.5. The number of nitrogens with zero attached hydrogens (tertiary/aromatic N) is 2. The van der Waals surface area contributed by atoms with Crippen molar-refractivity contribution in [2.24, 2.45) is 0 Å². The van der Waals surface area contributed by atoms with Gasteiger partial charge in [-0.3, -0.25) is 14.9 Å². The number of halogens is 1. The largest absolute Gasteiger partial charge is 0.354 e. The Morgan fingerprint density at radius 2 is 1.59 bits per heavy atom. The Morgan fingerprint density at radius 1 is 0.927 bits per heavy atom. The van der Waals surface area contributed by atoms with Gasteiger partial charge < -0.3 is 9.88 Å². The van der Waals surface area contributed by atoms with Crippen molar-refractivity contribution in [2.45, 2.75) is 44.7 Å². The standard InChI is InChI=1S/C34H32FN3O3/c1-24(12-13-25-8-4-2-5-9-25)36-34(39)21-30(27-14-16-28(35)17-15-27)32-23-37(22-26-10-6-3-7-11-26)33-19-18-29(38(40)41)20-31(32)33/h2-11,14-20,23-24,30H,12-13,21-22H2,1H3,(H,36,39)/t24-,30+/m0/s1. The molecular weight excluding hydrogens is 517 g/mol. The maximum absolute atomic E-state index is 13.9. The molecule has 0 saturated carbocycles. The first kappa shape index (κ1) is 27.8. The number of nitro groups is 1. The highest BCUT2D eigenvalue weighted by molar-refractivity contribution is 5.88. The molecule has 0 aliphatic heterocycles. The highest BCUT2D eigenvalue weighted by atomic mass is 19.1. The molecule has 0 saturated heterocycles. The Kier molecular flexibility index (Phi) is 8.53. The molecule has 0 fully saturated rings. The first-order valence-electron chi connectivity index (χ1n) is 13.8. The van der Waals surface area contributed by atoms with Gasteiger partial charge in [0, 0.05) is 54.2 Å². The van der Waals surface area contributed by atoms with Gasteiger partial charge in [0.05, 0.1) is 4.92 Å². The summed E-state index contributed by atoms with van der Waals surface area (Å²) in [6.07, 6.45) is 3.73. The van der Waals surface area contributed by atoms with E-state index in [1.165, 1.54) is 23.8 Å². The van der Waals surface area contributed by atoms with Gasteiger partial charge >= 0.3 is 0 Å². The van der Waals surface area contributed by atoms with Crippen molar-refractivity contribution in [2.75, 3.05) is 0 Å². The van der Waals surface area contributed by atoms with Gasteiger partial charge in [-0.1, -0.05) is 72.8 Å². The van der Waals surface area contributed by atoms with Crippen molar-refractivity contribution >= 4 is 22.5 Å². The number of nitrogens with one attached hydrogen (secondary N) is 1. The predicted octanol–water partition coefficient (Wildman–Crippen LogP) is 7.40. The Bertz CT molecular complexity index is 1630. The summed E-state index contributed by atoms with van der Waals surface area (Å²) >= 11 is 0. The number of amides is 1. The van der Waals surface area contributed by atoms with E-state index in [0.29, 0.717) is 11.9 Å². The van der Waals surface area contributed by atoms with Crippen LogP contribution in [0.5, 0.6) is 0 Å². The zero-order valence-electron chi connectivity index (χ0n) is 22.9. The number of hydrogen-bond acceptors (Lipinski definition) is 3. The van der Waals surface area contributed by atoms with E-state index in [-0.39, 0.29) is 29.9 Å². The molecular formula is C34H32FN3O3. The van der Waals surface area contributed by atoms with Gasteiger partial charge in [0.25, 0.3) is 5.69 Å². The fourth-order valence-corrected chi connectivity index (χ4v) is 5.34. The Balaban J connectivity index is 1.48. The molecule has 0 unspecified atom stereocenters. The van der Waals surface area contributed by atoms with Crippen LogP contribution in [0.3, 0.4) is 0 Å². The molecule has 2 atom stereocenters. The molecule has 1 heterocycles. The lowest BCUT2D eigenvalue weighted by Gasteiger charge is -2.20. The number of carbonyl (C=O) groups excluding carboxylic acids is 1. The third kappa shape index (κ3) is 6.87. The third-order valence-electron chi connectivity index (χ3n) is 7.46. The van der Waals surface area contributed by atoms with E-state index in [2.05, 4.69) is 22.0 Å². The SMILES string of the molecule is C[C@@H](CCc1ccccc1)NC(=O)C[C@H](c1ccc(F)cc1)c1cn(Cc2ccccc2)c2ccc([N+](=O)[O-])cc12. The summed E-state index contributed by atoms with van der Waals surface area (Å²) in [5.74, 6) is -0.929. The van der Waals surface area contributed by atoms with Gasteiger partial charge in [-0.2, -0.15) is 0 Å². The number of fused-ring (bicyclic) bond motifs is 1. The minimum Gasteiger partial charge on any atom is -0.354 e. The molecule has 1 aromatic heterocycles. The quantitative estimate of drug-likeness (QED) is 0.138. The van der Waals surface area contributed by atoms with Crippen LogP contribution in [-0.2, 0) is 17.8 Å². The van der Waals surface area contributed by atoms with Gasteiger partial charge in [-0.15, -0.1) is 0 Å². The van der Waals surface area contributed by atoms with Crippen LogP contribution in [0, 0.1) is 15.9 Å². The number of aromatic nitrogens is 1. The molecule has 0 aliphatic rings. The molecule has 0 spiro atoms. The number of nitro benzene ring substituents is 1.